The number of amides is 1. The molecular formula is C12H16N2O3. The van der Waals surface area contributed by atoms with Gasteiger partial charge in [0.2, 0.25) is 5.91 Å². The Bertz CT molecular complexity index is 399. The molecule has 1 amide bonds. The maximum Gasteiger partial charge on any atom is 0.337 e. The Morgan fingerprint density at radius 1 is 1.35 bits per heavy atom. The summed E-state index contributed by atoms with van der Waals surface area (Å²) in [4.78, 5) is 22.6. The number of esters is 1. The number of anilines is 1. The molecular weight excluding hydrogens is 220 g/mol. The summed E-state index contributed by atoms with van der Waals surface area (Å²) in [5, 5.41) is 2.69. The minimum Gasteiger partial charge on any atom is -0.465 e. The van der Waals surface area contributed by atoms with Gasteiger partial charge in [-0.1, -0.05) is 0 Å². The summed E-state index contributed by atoms with van der Waals surface area (Å²) in [6, 6.07) is 6.29. The number of nitrogens with two attached hydrogens (primary N) is 1. The predicted molar refractivity (Wildman–Crippen MR) is 64.7 cm³/mol. The van der Waals surface area contributed by atoms with Crippen LogP contribution in [0.15, 0.2) is 24.3 Å². The highest BCUT2D eigenvalue weighted by Crippen LogP contribution is 2.10. The molecule has 0 radical (unpaired) electrons. The molecule has 0 saturated carbocycles. The smallest absolute Gasteiger partial charge is 0.337 e. The summed E-state index contributed by atoms with van der Waals surface area (Å²) >= 11 is 0. The van der Waals surface area contributed by atoms with Crippen molar-refractivity contribution in [2.75, 3.05) is 12.4 Å². The fraction of sp³-hybridized carbons (Fsp3) is 0.333. The van der Waals surface area contributed by atoms with Crippen molar-refractivity contribution in [1.82, 2.24) is 0 Å². The summed E-state index contributed by atoms with van der Waals surface area (Å²) in [5.41, 5.74) is 6.58. The fourth-order valence-corrected chi connectivity index (χ4v) is 1.31. The van der Waals surface area contributed by atoms with Crippen LogP contribution in [0.3, 0.4) is 0 Å². The van der Waals surface area contributed by atoms with E-state index >= 15 is 0 Å². The predicted octanol–water partition coefficient (Wildman–Crippen LogP) is 1.15. The van der Waals surface area contributed by atoms with E-state index in [1.807, 2.05) is 0 Å². The molecule has 1 atom stereocenters. The van der Waals surface area contributed by atoms with Crippen LogP contribution in [0.1, 0.15) is 23.7 Å². The van der Waals surface area contributed by atoms with Gasteiger partial charge >= 0.3 is 5.97 Å². The molecule has 0 aliphatic heterocycles. The lowest BCUT2D eigenvalue weighted by Gasteiger charge is -2.07. The topological polar surface area (TPSA) is 81.4 Å². The third-order valence-corrected chi connectivity index (χ3v) is 2.10. The van der Waals surface area contributed by atoms with Gasteiger partial charge in [0, 0.05) is 18.2 Å². The molecule has 0 aromatic heterocycles. The Morgan fingerprint density at radius 2 is 1.94 bits per heavy atom. The van der Waals surface area contributed by atoms with Crippen LogP contribution in [-0.4, -0.2) is 25.0 Å². The van der Waals surface area contributed by atoms with Gasteiger partial charge in [-0.25, -0.2) is 4.79 Å². The van der Waals surface area contributed by atoms with Crippen LogP contribution >= 0.6 is 0 Å². The van der Waals surface area contributed by atoms with Gasteiger partial charge in [-0.05, 0) is 31.2 Å². The van der Waals surface area contributed by atoms with E-state index in [4.69, 9.17) is 5.73 Å². The van der Waals surface area contributed by atoms with Crippen LogP contribution in [0.25, 0.3) is 0 Å². The molecule has 92 valence electrons. The second-order valence-corrected chi connectivity index (χ2v) is 3.80. The molecule has 0 heterocycles. The molecule has 1 rings (SSSR count). The molecule has 17 heavy (non-hydrogen) atoms. The SMILES string of the molecule is COC(=O)c1ccc(NC(=O)CC(C)N)cc1. The molecule has 0 bridgehead atoms. The van der Waals surface area contributed by atoms with Crippen molar-refractivity contribution >= 4 is 17.6 Å². The molecule has 5 nitrogen and oxygen atoms in total. The summed E-state index contributed by atoms with van der Waals surface area (Å²) < 4.78 is 4.57. The summed E-state index contributed by atoms with van der Waals surface area (Å²) in [6.07, 6.45) is 0.263. The van der Waals surface area contributed by atoms with Crippen LogP contribution in [-0.2, 0) is 9.53 Å². The second-order valence-electron chi connectivity index (χ2n) is 3.80. The van der Waals surface area contributed by atoms with Gasteiger partial charge in [0.05, 0.1) is 12.7 Å². The van der Waals surface area contributed by atoms with Crippen LogP contribution in [0.5, 0.6) is 0 Å². The van der Waals surface area contributed by atoms with E-state index in [2.05, 4.69) is 10.1 Å². The van der Waals surface area contributed by atoms with Gasteiger partial charge in [0.15, 0.2) is 0 Å². The third-order valence-electron chi connectivity index (χ3n) is 2.10. The van der Waals surface area contributed by atoms with Gasteiger partial charge in [-0.15, -0.1) is 0 Å². The largest absolute Gasteiger partial charge is 0.465 e. The Kier molecular flexibility index (Phi) is 4.66. The van der Waals surface area contributed by atoms with Crippen molar-refractivity contribution in [2.24, 2.45) is 5.73 Å². The number of benzene rings is 1. The number of hydrogen-bond donors (Lipinski definition) is 2. The van der Waals surface area contributed by atoms with E-state index in [9.17, 15) is 9.59 Å². The standard InChI is InChI=1S/C12H16N2O3/c1-8(13)7-11(15)14-10-5-3-9(4-6-10)12(16)17-2/h3-6,8H,7,13H2,1-2H3,(H,14,15). The van der Waals surface area contributed by atoms with Gasteiger partial charge in [0.1, 0.15) is 0 Å². The highest BCUT2D eigenvalue weighted by Gasteiger charge is 2.07. The zero-order chi connectivity index (χ0) is 12.8. The number of ether oxygens (including phenoxy) is 1. The number of carbonyl (C=O) groups is 2. The average Bonchev–Trinajstić information content (AvgIpc) is 2.28. The molecule has 0 aliphatic carbocycles. The van der Waals surface area contributed by atoms with E-state index in [1.165, 1.54) is 7.11 Å². The quantitative estimate of drug-likeness (QED) is 0.768. The zero-order valence-corrected chi connectivity index (χ0v) is 9.90. The van der Waals surface area contributed by atoms with Crippen LogP contribution in [0.4, 0.5) is 5.69 Å². The van der Waals surface area contributed by atoms with Crippen molar-refractivity contribution in [2.45, 2.75) is 19.4 Å². The molecule has 0 fully saturated rings. The normalized spacial score (nSPS) is 11.7. The number of hydrogen-bond acceptors (Lipinski definition) is 4. The maximum atomic E-state index is 11.4. The van der Waals surface area contributed by atoms with Crippen LogP contribution in [0, 0.1) is 0 Å². The highest BCUT2D eigenvalue weighted by atomic mass is 16.5. The van der Waals surface area contributed by atoms with Crippen molar-refractivity contribution in [3.63, 3.8) is 0 Å². The first-order chi connectivity index (χ1) is 8.02. The van der Waals surface area contributed by atoms with E-state index in [-0.39, 0.29) is 18.4 Å². The molecule has 1 aromatic rings. The lowest BCUT2D eigenvalue weighted by molar-refractivity contribution is -0.116. The number of methoxy groups -OCH3 is 1. The van der Waals surface area contributed by atoms with Gasteiger partial charge in [0.25, 0.3) is 0 Å². The molecule has 0 saturated heterocycles. The molecule has 1 unspecified atom stereocenters. The molecule has 1 aromatic carbocycles. The summed E-state index contributed by atoms with van der Waals surface area (Å²) in [6.45, 7) is 1.76. The minimum atomic E-state index is -0.404. The summed E-state index contributed by atoms with van der Waals surface area (Å²) in [7, 11) is 1.32. The Labute approximate surface area is 99.9 Å². The Hall–Kier alpha value is -1.88. The minimum absolute atomic E-state index is 0.147. The number of carbonyl (C=O) groups excluding carboxylic acids is 2. The Balaban J connectivity index is 2.62. The fourth-order valence-electron chi connectivity index (χ4n) is 1.31. The number of rotatable bonds is 4. The molecule has 0 aliphatic rings. The van der Waals surface area contributed by atoms with Crippen molar-refractivity contribution in [3.05, 3.63) is 29.8 Å². The van der Waals surface area contributed by atoms with Gasteiger partial charge < -0.3 is 15.8 Å². The monoisotopic (exact) mass is 236 g/mol. The van der Waals surface area contributed by atoms with Crippen molar-refractivity contribution in [3.8, 4) is 0 Å². The van der Waals surface area contributed by atoms with Crippen LogP contribution in [0.2, 0.25) is 0 Å². The van der Waals surface area contributed by atoms with Crippen LogP contribution < -0.4 is 11.1 Å². The second kappa shape index (κ2) is 6.00. The van der Waals surface area contributed by atoms with E-state index in [0.717, 1.165) is 0 Å². The maximum absolute atomic E-state index is 11.4. The highest BCUT2D eigenvalue weighted by molar-refractivity contribution is 5.93. The van der Waals surface area contributed by atoms with Crippen molar-refractivity contribution < 1.29 is 14.3 Å². The summed E-state index contributed by atoms with van der Waals surface area (Å²) in [5.74, 6) is -0.552. The molecule has 0 spiro atoms. The third kappa shape index (κ3) is 4.24. The zero-order valence-electron chi connectivity index (χ0n) is 9.90. The van der Waals surface area contributed by atoms with E-state index in [1.54, 1.807) is 31.2 Å². The van der Waals surface area contributed by atoms with Gasteiger partial charge in [-0.2, -0.15) is 0 Å². The Morgan fingerprint density at radius 3 is 2.41 bits per heavy atom. The first-order valence-electron chi connectivity index (χ1n) is 5.26. The average molecular weight is 236 g/mol. The molecule has 3 N–H and O–H groups in total. The van der Waals surface area contributed by atoms with Gasteiger partial charge in [-0.3, -0.25) is 4.79 Å². The van der Waals surface area contributed by atoms with E-state index < -0.39 is 5.97 Å². The van der Waals surface area contributed by atoms with Crippen molar-refractivity contribution in [1.29, 1.82) is 0 Å². The first kappa shape index (κ1) is 13.2. The van der Waals surface area contributed by atoms with E-state index in [0.29, 0.717) is 11.3 Å². The first-order valence-corrected chi connectivity index (χ1v) is 5.26. The molecule has 5 heteroatoms. The number of nitrogens with one attached hydrogen (secondary N) is 1. The lowest BCUT2D eigenvalue weighted by Crippen LogP contribution is -2.23. The lowest BCUT2D eigenvalue weighted by atomic mass is 10.2.